The van der Waals surface area contributed by atoms with E-state index in [1.165, 1.54) is 6.07 Å². The van der Waals surface area contributed by atoms with E-state index in [1.807, 2.05) is 20.8 Å². The summed E-state index contributed by atoms with van der Waals surface area (Å²) in [7, 11) is -3.70. The van der Waals surface area contributed by atoms with Gasteiger partial charge in [-0.1, -0.05) is 12.1 Å². The van der Waals surface area contributed by atoms with Crippen LogP contribution in [0.1, 0.15) is 39.2 Å². The number of sulfonamides is 1. The Bertz CT molecular complexity index is 811. The van der Waals surface area contributed by atoms with Crippen LogP contribution in [0, 0.1) is 0 Å². The van der Waals surface area contributed by atoms with Gasteiger partial charge in [0.1, 0.15) is 16.6 Å². The number of carbonyl (C=O) groups is 1. The number of amides is 1. The zero-order valence-electron chi connectivity index (χ0n) is 14.6. The molecule has 0 unspecified atom stereocenters. The maximum absolute atomic E-state index is 12.2. The molecule has 0 aliphatic carbocycles. The van der Waals surface area contributed by atoms with Crippen LogP contribution < -0.4 is 0 Å². The third-order valence-corrected chi connectivity index (χ3v) is 5.22. The molecule has 0 saturated carbocycles. The number of nitrogens with zero attached hydrogens (tertiary/aromatic N) is 2. The average Bonchev–Trinajstić information content (AvgIpc) is 2.77. The van der Waals surface area contributed by atoms with Crippen LogP contribution in [0.2, 0.25) is 0 Å². The summed E-state index contributed by atoms with van der Waals surface area (Å²) < 4.78 is 39.1. The van der Waals surface area contributed by atoms with Gasteiger partial charge in [0.15, 0.2) is 0 Å². The van der Waals surface area contributed by atoms with Crippen molar-refractivity contribution in [2.75, 3.05) is 13.1 Å². The molecule has 1 amide bonds. The second kappa shape index (κ2) is 6.33. The van der Waals surface area contributed by atoms with Crippen LogP contribution in [-0.2, 0) is 19.5 Å². The fourth-order valence-electron chi connectivity index (χ4n) is 2.85. The van der Waals surface area contributed by atoms with Crippen LogP contribution in [0.5, 0.6) is 0 Å². The van der Waals surface area contributed by atoms with E-state index in [9.17, 15) is 13.2 Å². The Labute approximate surface area is 147 Å². The third kappa shape index (κ3) is 3.95. The first-order chi connectivity index (χ1) is 11.7. The molecule has 2 aliphatic rings. The number of hydrogen-bond acceptors (Lipinski definition) is 5. The zero-order valence-corrected chi connectivity index (χ0v) is 15.4. The molecule has 0 aromatic heterocycles. The summed E-state index contributed by atoms with van der Waals surface area (Å²) in [6.07, 6.45) is 0.773. The summed E-state index contributed by atoms with van der Waals surface area (Å²) in [6, 6.07) is 6.58. The van der Waals surface area contributed by atoms with E-state index in [-0.39, 0.29) is 23.0 Å². The Morgan fingerprint density at radius 1 is 1.28 bits per heavy atom. The summed E-state index contributed by atoms with van der Waals surface area (Å²) in [5, 5.41) is 0. The smallest absolute Gasteiger partial charge is 0.410 e. The Hall–Kier alpha value is -2.09. The molecule has 7 nitrogen and oxygen atoms in total. The van der Waals surface area contributed by atoms with Gasteiger partial charge in [0, 0.05) is 6.54 Å². The van der Waals surface area contributed by atoms with E-state index in [0.717, 1.165) is 12.8 Å². The van der Waals surface area contributed by atoms with Crippen LogP contribution in [0.4, 0.5) is 4.79 Å². The fraction of sp³-hybridized carbons (Fsp3) is 0.529. The molecule has 1 aromatic carbocycles. The number of carbonyl (C=O) groups excluding carboxylic acids is 1. The Morgan fingerprint density at radius 3 is 2.72 bits per heavy atom. The molecule has 1 atom stereocenters. The van der Waals surface area contributed by atoms with Crippen molar-refractivity contribution in [2.24, 2.45) is 4.40 Å². The van der Waals surface area contributed by atoms with Gasteiger partial charge in [-0.2, -0.15) is 8.42 Å². The number of benzene rings is 1. The molecule has 0 bridgehead atoms. The quantitative estimate of drug-likeness (QED) is 0.762. The monoisotopic (exact) mass is 366 g/mol. The van der Waals surface area contributed by atoms with Crippen LogP contribution in [0.15, 0.2) is 33.6 Å². The van der Waals surface area contributed by atoms with Crippen LogP contribution in [0.25, 0.3) is 0 Å². The van der Waals surface area contributed by atoms with Gasteiger partial charge in [0.2, 0.25) is 5.90 Å². The predicted octanol–water partition coefficient (Wildman–Crippen LogP) is 2.55. The van der Waals surface area contributed by atoms with Crippen molar-refractivity contribution in [3.63, 3.8) is 0 Å². The zero-order chi connectivity index (χ0) is 18.2. The Kier molecular flexibility index (Phi) is 4.49. The molecule has 0 N–H and O–H groups in total. The second-order valence-electron chi connectivity index (χ2n) is 7.18. The van der Waals surface area contributed by atoms with Crippen molar-refractivity contribution in [1.29, 1.82) is 0 Å². The summed E-state index contributed by atoms with van der Waals surface area (Å²) in [6.45, 7) is 6.39. The minimum atomic E-state index is -3.70. The van der Waals surface area contributed by atoms with Crippen molar-refractivity contribution in [3.05, 3.63) is 29.8 Å². The van der Waals surface area contributed by atoms with Crippen molar-refractivity contribution >= 4 is 22.0 Å². The minimum Gasteiger partial charge on any atom is -0.472 e. The van der Waals surface area contributed by atoms with Crippen molar-refractivity contribution in [3.8, 4) is 0 Å². The van der Waals surface area contributed by atoms with E-state index in [1.54, 1.807) is 23.1 Å². The molecule has 8 heteroatoms. The van der Waals surface area contributed by atoms with E-state index in [4.69, 9.17) is 9.47 Å². The van der Waals surface area contributed by atoms with Crippen LogP contribution in [-0.4, -0.2) is 50.1 Å². The maximum Gasteiger partial charge on any atom is 0.410 e. The Balaban J connectivity index is 1.71. The third-order valence-electron chi connectivity index (χ3n) is 3.91. The van der Waals surface area contributed by atoms with Gasteiger partial charge in [-0.15, -0.1) is 4.40 Å². The lowest BCUT2D eigenvalue weighted by molar-refractivity contribution is 0.00627. The molecule has 3 rings (SSSR count). The fourth-order valence-corrected chi connectivity index (χ4v) is 3.99. The number of likely N-dealkylation sites (tertiary alicyclic amines) is 1. The first kappa shape index (κ1) is 17.7. The largest absolute Gasteiger partial charge is 0.472 e. The lowest BCUT2D eigenvalue weighted by Gasteiger charge is -2.34. The van der Waals surface area contributed by atoms with Crippen LogP contribution >= 0.6 is 0 Å². The van der Waals surface area contributed by atoms with Crippen molar-refractivity contribution in [2.45, 2.75) is 50.2 Å². The lowest BCUT2D eigenvalue weighted by atomic mass is 10.1. The second-order valence-corrected chi connectivity index (χ2v) is 8.75. The summed E-state index contributed by atoms with van der Waals surface area (Å²) in [5.41, 5.74) is -0.0927. The topological polar surface area (TPSA) is 85.3 Å². The number of hydrogen-bond donors (Lipinski definition) is 0. The summed E-state index contributed by atoms with van der Waals surface area (Å²) in [5.74, 6) is 0.103. The minimum absolute atomic E-state index is 0.103. The molecule has 1 fully saturated rings. The molecule has 0 radical (unpaired) electrons. The molecule has 0 spiro atoms. The van der Waals surface area contributed by atoms with Gasteiger partial charge in [-0.05, 0) is 45.7 Å². The standard InChI is InChI=1S/C17H22N2O5S/c1-17(2,3)24-16(20)19-10-6-7-12(11-19)23-15-13-8-4-5-9-14(13)25(21,22)18-15/h4-5,8-9,12H,6-7,10-11H2,1-3H3/t12-/m0/s1. The molecule has 1 saturated heterocycles. The molecule has 136 valence electrons. The highest BCUT2D eigenvalue weighted by Gasteiger charge is 2.34. The van der Waals surface area contributed by atoms with Crippen molar-refractivity contribution < 1.29 is 22.7 Å². The van der Waals surface area contributed by atoms with E-state index < -0.39 is 15.6 Å². The summed E-state index contributed by atoms with van der Waals surface area (Å²) in [4.78, 5) is 14.0. The highest BCUT2D eigenvalue weighted by Crippen LogP contribution is 2.28. The predicted molar refractivity (Wildman–Crippen MR) is 92.1 cm³/mol. The Morgan fingerprint density at radius 2 is 2.00 bits per heavy atom. The number of fused-ring (bicyclic) bond motifs is 1. The van der Waals surface area contributed by atoms with Gasteiger partial charge in [-0.3, -0.25) is 0 Å². The maximum atomic E-state index is 12.2. The van der Waals surface area contributed by atoms with E-state index >= 15 is 0 Å². The lowest BCUT2D eigenvalue weighted by Crippen LogP contribution is -2.45. The molecule has 2 heterocycles. The number of ether oxygens (including phenoxy) is 2. The molecule has 2 aliphatic heterocycles. The summed E-state index contributed by atoms with van der Waals surface area (Å²) >= 11 is 0. The normalized spacial score (nSPS) is 22.1. The van der Waals surface area contributed by atoms with Gasteiger partial charge in [0.05, 0.1) is 12.1 Å². The molecular formula is C17H22N2O5S. The highest BCUT2D eigenvalue weighted by atomic mass is 32.2. The first-order valence-corrected chi connectivity index (χ1v) is 9.69. The van der Waals surface area contributed by atoms with E-state index in [2.05, 4.69) is 4.40 Å². The van der Waals surface area contributed by atoms with Gasteiger partial charge < -0.3 is 14.4 Å². The van der Waals surface area contributed by atoms with E-state index in [0.29, 0.717) is 18.7 Å². The van der Waals surface area contributed by atoms with Gasteiger partial charge >= 0.3 is 6.09 Å². The molecule has 1 aromatic rings. The molecular weight excluding hydrogens is 344 g/mol. The van der Waals surface area contributed by atoms with Crippen molar-refractivity contribution in [1.82, 2.24) is 4.90 Å². The molecule has 25 heavy (non-hydrogen) atoms. The number of piperidine rings is 1. The van der Waals surface area contributed by atoms with Gasteiger partial charge in [-0.25, -0.2) is 4.79 Å². The number of rotatable bonds is 1. The van der Waals surface area contributed by atoms with Crippen LogP contribution in [0.3, 0.4) is 0 Å². The average molecular weight is 366 g/mol. The highest BCUT2D eigenvalue weighted by molar-refractivity contribution is 7.90. The van der Waals surface area contributed by atoms with Gasteiger partial charge in [0.25, 0.3) is 10.0 Å². The SMILES string of the molecule is CC(C)(C)OC(=O)N1CCC[C@H](OC2=NS(=O)(=O)c3ccccc32)C1. The first-order valence-electron chi connectivity index (χ1n) is 8.25.